The van der Waals surface area contributed by atoms with E-state index in [0.29, 0.717) is 12.1 Å². The van der Waals surface area contributed by atoms with Crippen molar-refractivity contribution in [2.24, 2.45) is 4.40 Å². The fourth-order valence-corrected chi connectivity index (χ4v) is 0.567. The normalized spacial score (nSPS) is 11.6. The number of thiol groups is 1. The lowest BCUT2D eigenvalue weighted by Gasteiger charge is -1.91. The lowest BCUT2D eigenvalue weighted by atomic mass is 10.3. The summed E-state index contributed by atoms with van der Waals surface area (Å²) < 4.78 is 15.3. The topological polar surface area (TPSA) is 12.4 Å². The van der Waals surface area contributed by atoms with E-state index in [4.69, 9.17) is 0 Å². The zero-order chi connectivity index (χ0) is 6.57. The maximum Gasteiger partial charge on any atom is 0.138 e. The SMILES string of the molecule is C=C(F)C(CC)=NS. The number of allylic oxidation sites excluding steroid dienone is 1. The smallest absolute Gasteiger partial charge is 0.138 e. The molecule has 0 aromatic rings. The summed E-state index contributed by atoms with van der Waals surface area (Å²) in [5.74, 6) is -0.498. The van der Waals surface area contributed by atoms with Crippen molar-refractivity contribution in [3.63, 3.8) is 0 Å². The van der Waals surface area contributed by atoms with Crippen LogP contribution in [0.15, 0.2) is 16.8 Å². The van der Waals surface area contributed by atoms with Crippen LogP contribution in [0.25, 0.3) is 0 Å². The Labute approximate surface area is 53.9 Å². The predicted octanol–water partition coefficient (Wildman–Crippen LogP) is 2.17. The molecule has 0 amide bonds. The van der Waals surface area contributed by atoms with Gasteiger partial charge in [0.2, 0.25) is 0 Å². The van der Waals surface area contributed by atoms with Crippen LogP contribution in [0, 0.1) is 0 Å². The summed E-state index contributed by atoms with van der Waals surface area (Å²) in [7, 11) is 0. The molecule has 0 unspecified atom stereocenters. The highest BCUT2D eigenvalue weighted by Crippen LogP contribution is 2.01. The van der Waals surface area contributed by atoms with Gasteiger partial charge in [-0.25, -0.2) is 8.79 Å². The van der Waals surface area contributed by atoms with Crippen molar-refractivity contribution in [1.29, 1.82) is 0 Å². The van der Waals surface area contributed by atoms with Gasteiger partial charge in [-0.1, -0.05) is 13.5 Å². The predicted molar refractivity (Wildman–Crippen MR) is 37.0 cm³/mol. The Morgan fingerprint density at radius 2 is 2.38 bits per heavy atom. The maximum absolute atomic E-state index is 12.0. The molecule has 0 saturated heterocycles. The van der Waals surface area contributed by atoms with Crippen LogP contribution in [0.4, 0.5) is 4.39 Å². The lowest BCUT2D eigenvalue weighted by Crippen LogP contribution is -1.92. The average molecular weight is 133 g/mol. The highest BCUT2D eigenvalue weighted by Gasteiger charge is 1.96. The summed E-state index contributed by atoms with van der Waals surface area (Å²) in [6.07, 6.45) is 0.541. The minimum absolute atomic E-state index is 0.313. The summed E-state index contributed by atoms with van der Waals surface area (Å²) >= 11 is 3.52. The van der Waals surface area contributed by atoms with Crippen molar-refractivity contribution in [3.05, 3.63) is 12.4 Å². The molecule has 0 fully saturated rings. The van der Waals surface area contributed by atoms with Crippen molar-refractivity contribution in [1.82, 2.24) is 0 Å². The van der Waals surface area contributed by atoms with Crippen molar-refractivity contribution < 1.29 is 4.39 Å². The molecule has 0 saturated carbocycles. The van der Waals surface area contributed by atoms with Gasteiger partial charge in [0.1, 0.15) is 5.83 Å². The highest BCUT2D eigenvalue weighted by atomic mass is 32.1. The van der Waals surface area contributed by atoms with Gasteiger partial charge >= 0.3 is 0 Å². The fraction of sp³-hybridized carbons (Fsp3) is 0.400. The van der Waals surface area contributed by atoms with Crippen LogP contribution in [0.3, 0.4) is 0 Å². The fourth-order valence-electron chi connectivity index (χ4n) is 0.317. The van der Waals surface area contributed by atoms with Gasteiger partial charge in [-0.15, -0.1) is 0 Å². The van der Waals surface area contributed by atoms with E-state index in [9.17, 15) is 4.39 Å². The van der Waals surface area contributed by atoms with E-state index in [2.05, 4.69) is 23.8 Å². The molecule has 0 bridgehead atoms. The van der Waals surface area contributed by atoms with Gasteiger partial charge in [0.25, 0.3) is 0 Å². The molecule has 0 atom stereocenters. The number of nitrogens with zero attached hydrogens (tertiary/aromatic N) is 1. The van der Waals surface area contributed by atoms with Crippen LogP contribution in [0.1, 0.15) is 13.3 Å². The summed E-state index contributed by atoms with van der Waals surface area (Å²) in [5.41, 5.74) is 0.313. The van der Waals surface area contributed by atoms with E-state index in [-0.39, 0.29) is 0 Å². The second-order valence-electron chi connectivity index (χ2n) is 1.31. The third-order valence-corrected chi connectivity index (χ3v) is 1.01. The second-order valence-corrected chi connectivity index (χ2v) is 1.51. The number of halogens is 1. The molecule has 0 aliphatic heterocycles. The molecule has 1 nitrogen and oxygen atoms in total. The van der Waals surface area contributed by atoms with E-state index in [1.54, 1.807) is 6.92 Å². The molecule has 0 heterocycles. The van der Waals surface area contributed by atoms with Gasteiger partial charge in [-0.2, -0.15) is 0 Å². The molecule has 0 aliphatic rings. The molecule has 0 spiro atoms. The molecule has 0 rings (SSSR count). The van der Waals surface area contributed by atoms with Crippen LogP contribution < -0.4 is 0 Å². The Bertz CT molecular complexity index is 120. The highest BCUT2D eigenvalue weighted by molar-refractivity contribution is 7.79. The monoisotopic (exact) mass is 133 g/mol. The lowest BCUT2D eigenvalue weighted by molar-refractivity contribution is 0.682. The molecule has 0 aliphatic carbocycles. The van der Waals surface area contributed by atoms with Gasteiger partial charge < -0.3 is 0 Å². The third kappa shape index (κ3) is 2.12. The molecule has 0 aromatic heterocycles. The van der Waals surface area contributed by atoms with Crippen molar-refractivity contribution in [2.75, 3.05) is 0 Å². The Balaban J connectivity index is 3.92. The van der Waals surface area contributed by atoms with Gasteiger partial charge in [-0.3, -0.25) is 0 Å². The third-order valence-electron chi connectivity index (χ3n) is 0.769. The second kappa shape index (κ2) is 3.66. The summed E-state index contributed by atoms with van der Waals surface area (Å²) in [5, 5.41) is 0. The van der Waals surface area contributed by atoms with Crippen LogP contribution >= 0.6 is 12.8 Å². The van der Waals surface area contributed by atoms with Crippen LogP contribution in [0.2, 0.25) is 0 Å². The molecule has 0 N–H and O–H groups in total. The van der Waals surface area contributed by atoms with Crippen molar-refractivity contribution in [2.45, 2.75) is 13.3 Å². The molecular formula is C5H8FNS. The molecule has 46 valence electrons. The standard InChI is InChI=1S/C5H8FNS/c1-3-5(7-8)4(2)6/h8H,2-3H2,1H3. The van der Waals surface area contributed by atoms with E-state index in [0.717, 1.165) is 0 Å². The van der Waals surface area contributed by atoms with Crippen molar-refractivity contribution >= 4 is 18.5 Å². The van der Waals surface area contributed by atoms with E-state index >= 15 is 0 Å². The molecular weight excluding hydrogens is 125 g/mol. The van der Waals surface area contributed by atoms with Gasteiger partial charge in [-0.05, 0) is 19.2 Å². The molecule has 8 heavy (non-hydrogen) atoms. The van der Waals surface area contributed by atoms with Gasteiger partial charge in [0.15, 0.2) is 0 Å². The number of rotatable bonds is 2. The number of hydrogen-bond donors (Lipinski definition) is 1. The first-order chi connectivity index (χ1) is 3.72. The summed E-state index contributed by atoms with van der Waals surface area (Å²) in [6.45, 7) is 4.84. The minimum atomic E-state index is -0.498. The average Bonchev–Trinajstić information content (AvgIpc) is 1.69. The van der Waals surface area contributed by atoms with E-state index in [1.807, 2.05) is 0 Å². The van der Waals surface area contributed by atoms with Crippen LogP contribution in [0.5, 0.6) is 0 Å². The van der Waals surface area contributed by atoms with Crippen LogP contribution in [-0.2, 0) is 0 Å². The summed E-state index contributed by atoms with van der Waals surface area (Å²) in [4.78, 5) is 0. The Hall–Kier alpha value is -0.310. The number of hydrogen-bond acceptors (Lipinski definition) is 2. The van der Waals surface area contributed by atoms with Gasteiger partial charge in [0.05, 0.1) is 5.71 Å². The quantitative estimate of drug-likeness (QED) is 0.438. The Morgan fingerprint density at radius 1 is 1.88 bits per heavy atom. The first-order valence-corrected chi connectivity index (χ1v) is 2.68. The summed E-state index contributed by atoms with van der Waals surface area (Å²) in [6, 6.07) is 0. The maximum atomic E-state index is 12.0. The molecule has 0 radical (unpaired) electrons. The van der Waals surface area contributed by atoms with Crippen LogP contribution in [-0.4, -0.2) is 5.71 Å². The zero-order valence-electron chi connectivity index (χ0n) is 4.69. The molecule has 0 aromatic carbocycles. The van der Waals surface area contributed by atoms with Crippen molar-refractivity contribution in [3.8, 4) is 0 Å². The largest absolute Gasteiger partial charge is 0.221 e. The van der Waals surface area contributed by atoms with E-state index < -0.39 is 5.83 Å². The first-order valence-electron chi connectivity index (χ1n) is 2.28. The minimum Gasteiger partial charge on any atom is -0.221 e. The Morgan fingerprint density at radius 3 is 2.38 bits per heavy atom. The Kier molecular flexibility index (Phi) is 3.52. The van der Waals surface area contributed by atoms with E-state index in [1.165, 1.54) is 0 Å². The van der Waals surface area contributed by atoms with Gasteiger partial charge in [0, 0.05) is 0 Å². The first kappa shape index (κ1) is 7.69. The zero-order valence-corrected chi connectivity index (χ0v) is 5.58. The molecule has 3 heteroatoms.